The van der Waals surface area contributed by atoms with Crippen molar-refractivity contribution in [3.05, 3.63) is 17.0 Å². The molecule has 0 aromatic carbocycles. The third kappa shape index (κ3) is 2.16. The normalized spacial score (nSPS) is 19.4. The van der Waals surface area contributed by atoms with Gasteiger partial charge >= 0.3 is 0 Å². The summed E-state index contributed by atoms with van der Waals surface area (Å²) >= 11 is 0. The molecule has 1 aliphatic carbocycles. The van der Waals surface area contributed by atoms with Crippen LogP contribution in [0.1, 0.15) is 55.4 Å². The Morgan fingerprint density at radius 3 is 2.89 bits per heavy atom. The van der Waals surface area contributed by atoms with Crippen molar-refractivity contribution in [3.8, 4) is 0 Å². The number of hydrogen-bond acceptors (Lipinski definition) is 2. The first-order valence-corrected chi connectivity index (χ1v) is 6.77. The van der Waals surface area contributed by atoms with E-state index < -0.39 is 0 Å². The Kier molecular flexibility index (Phi) is 3.46. The Morgan fingerprint density at radius 1 is 1.56 bits per heavy atom. The fraction of sp³-hybridized carbons (Fsp3) is 0.714. The number of aromatic amines is 1. The van der Waals surface area contributed by atoms with Crippen LogP contribution in [-0.2, 0) is 12.8 Å². The molecule has 1 aliphatic rings. The molecule has 18 heavy (non-hydrogen) atoms. The summed E-state index contributed by atoms with van der Waals surface area (Å²) in [5, 5.41) is 9.86. The highest BCUT2D eigenvalue weighted by Gasteiger charge is 2.34. The smallest absolute Gasteiger partial charge is 0.271 e. The highest BCUT2D eigenvalue weighted by Crippen LogP contribution is 2.40. The number of nitrogens with zero attached hydrogens (tertiary/aromatic N) is 1. The molecule has 0 aliphatic heterocycles. The Labute approximate surface area is 109 Å². The van der Waals surface area contributed by atoms with Crippen molar-refractivity contribution in [2.75, 3.05) is 7.05 Å². The average molecular weight is 249 g/mol. The molecule has 1 amide bonds. The zero-order chi connectivity index (χ0) is 13.3. The molecule has 1 aromatic heterocycles. The van der Waals surface area contributed by atoms with Crippen molar-refractivity contribution in [1.29, 1.82) is 0 Å². The quantitative estimate of drug-likeness (QED) is 0.863. The second kappa shape index (κ2) is 4.75. The van der Waals surface area contributed by atoms with Gasteiger partial charge in [-0.25, -0.2) is 0 Å². The van der Waals surface area contributed by atoms with Crippen LogP contribution >= 0.6 is 0 Å². The summed E-state index contributed by atoms with van der Waals surface area (Å²) < 4.78 is 0. The van der Waals surface area contributed by atoms with Gasteiger partial charge in [-0.3, -0.25) is 9.89 Å². The minimum Gasteiger partial charge on any atom is -0.354 e. The Bertz CT molecular complexity index is 448. The van der Waals surface area contributed by atoms with Crippen molar-refractivity contribution >= 4 is 5.91 Å². The molecule has 100 valence electrons. The van der Waals surface area contributed by atoms with E-state index >= 15 is 0 Å². The van der Waals surface area contributed by atoms with Crippen LogP contribution < -0.4 is 5.32 Å². The molecule has 0 fully saturated rings. The first kappa shape index (κ1) is 13.1. The van der Waals surface area contributed by atoms with Crippen molar-refractivity contribution in [1.82, 2.24) is 15.5 Å². The molecule has 2 rings (SSSR count). The zero-order valence-corrected chi connectivity index (χ0v) is 11.8. The maximum Gasteiger partial charge on any atom is 0.271 e. The SMILES string of the molecule is CCC(C)(C)[C@H]1CCc2[nH]nc(C(=O)NC)c2C1. The van der Waals surface area contributed by atoms with Gasteiger partial charge in [0.25, 0.3) is 5.91 Å². The third-order valence-corrected chi connectivity index (χ3v) is 4.60. The van der Waals surface area contributed by atoms with Crippen molar-refractivity contribution in [3.63, 3.8) is 0 Å². The first-order valence-electron chi connectivity index (χ1n) is 6.77. The van der Waals surface area contributed by atoms with E-state index in [2.05, 4.69) is 36.3 Å². The molecule has 0 saturated heterocycles. The van der Waals surface area contributed by atoms with Gasteiger partial charge in [0.05, 0.1) is 0 Å². The molecule has 0 saturated carbocycles. The van der Waals surface area contributed by atoms with Gasteiger partial charge in [0, 0.05) is 18.3 Å². The van der Waals surface area contributed by atoms with Gasteiger partial charge in [0.2, 0.25) is 0 Å². The number of aryl methyl sites for hydroxylation is 1. The van der Waals surface area contributed by atoms with Crippen LogP contribution in [-0.4, -0.2) is 23.2 Å². The van der Waals surface area contributed by atoms with Crippen LogP contribution in [0.25, 0.3) is 0 Å². The van der Waals surface area contributed by atoms with E-state index in [1.165, 1.54) is 12.8 Å². The molecule has 0 unspecified atom stereocenters. The van der Waals surface area contributed by atoms with Crippen LogP contribution in [0.3, 0.4) is 0 Å². The van der Waals surface area contributed by atoms with E-state index in [0.717, 1.165) is 24.1 Å². The number of aromatic nitrogens is 2. The summed E-state index contributed by atoms with van der Waals surface area (Å²) in [6.45, 7) is 6.88. The maximum atomic E-state index is 11.8. The van der Waals surface area contributed by atoms with E-state index in [0.29, 0.717) is 17.0 Å². The average Bonchev–Trinajstić information content (AvgIpc) is 2.80. The molecule has 1 atom stereocenters. The van der Waals surface area contributed by atoms with Gasteiger partial charge in [-0.2, -0.15) is 5.10 Å². The number of carbonyl (C=O) groups is 1. The maximum absolute atomic E-state index is 11.8. The van der Waals surface area contributed by atoms with Gasteiger partial charge in [0.15, 0.2) is 5.69 Å². The molecular formula is C14H23N3O. The van der Waals surface area contributed by atoms with Gasteiger partial charge in [-0.1, -0.05) is 27.2 Å². The van der Waals surface area contributed by atoms with E-state index in [1.54, 1.807) is 7.05 Å². The molecule has 0 radical (unpaired) electrons. The van der Waals surface area contributed by atoms with E-state index in [1.807, 2.05) is 0 Å². The lowest BCUT2D eigenvalue weighted by Gasteiger charge is -2.36. The summed E-state index contributed by atoms with van der Waals surface area (Å²) in [4.78, 5) is 11.8. The molecule has 1 heterocycles. The highest BCUT2D eigenvalue weighted by atomic mass is 16.1. The summed E-state index contributed by atoms with van der Waals surface area (Å²) in [5.74, 6) is 0.554. The third-order valence-electron chi connectivity index (χ3n) is 4.60. The summed E-state index contributed by atoms with van der Waals surface area (Å²) in [6, 6.07) is 0. The number of fused-ring (bicyclic) bond motifs is 1. The van der Waals surface area contributed by atoms with Crippen LogP contribution in [0.5, 0.6) is 0 Å². The number of amides is 1. The fourth-order valence-electron chi connectivity index (χ4n) is 2.76. The number of H-pyrrole nitrogens is 1. The fourth-order valence-corrected chi connectivity index (χ4v) is 2.76. The van der Waals surface area contributed by atoms with Gasteiger partial charge in [-0.05, 0) is 30.6 Å². The molecule has 0 spiro atoms. The number of hydrogen-bond donors (Lipinski definition) is 2. The van der Waals surface area contributed by atoms with E-state index in [-0.39, 0.29) is 5.91 Å². The van der Waals surface area contributed by atoms with Crippen molar-refractivity contribution in [2.24, 2.45) is 11.3 Å². The van der Waals surface area contributed by atoms with Crippen molar-refractivity contribution in [2.45, 2.75) is 46.5 Å². The minimum atomic E-state index is -0.0811. The minimum absolute atomic E-state index is 0.0811. The Hall–Kier alpha value is -1.32. The van der Waals surface area contributed by atoms with E-state index in [4.69, 9.17) is 0 Å². The first-order chi connectivity index (χ1) is 8.49. The largest absolute Gasteiger partial charge is 0.354 e. The number of carbonyl (C=O) groups excluding carboxylic acids is 1. The van der Waals surface area contributed by atoms with Crippen LogP contribution in [0.2, 0.25) is 0 Å². The standard InChI is InChI=1S/C14H23N3O/c1-5-14(2,3)9-6-7-11-10(8-9)12(17-16-11)13(18)15-4/h9H,5-8H2,1-4H3,(H,15,18)(H,16,17)/t9-/m0/s1. The molecular weight excluding hydrogens is 226 g/mol. The lowest BCUT2D eigenvalue weighted by atomic mass is 9.69. The van der Waals surface area contributed by atoms with Gasteiger partial charge < -0.3 is 5.32 Å². The molecule has 0 bridgehead atoms. The monoisotopic (exact) mass is 249 g/mol. The number of rotatable bonds is 3. The zero-order valence-electron chi connectivity index (χ0n) is 11.8. The predicted molar refractivity (Wildman–Crippen MR) is 71.6 cm³/mol. The molecule has 2 N–H and O–H groups in total. The lowest BCUT2D eigenvalue weighted by molar-refractivity contribution is 0.0955. The predicted octanol–water partition coefficient (Wildman–Crippen LogP) is 2.31. The molecule has 4 heteroatoms. The molecule has 1 aromatic rings. The van der Waals surface area contributed by atoms with E-state index in [9.17, 15) is 4.79 Å². The summed E-state index contributed by atoms with van der Waals surface area (Å²) in [6.07, 6.45) is 4.33. The van der Waals surface area contributed by atoms with Crippen LogP contribution in [0.15, 0.2) is 0 Å². The second-order valence-electron chi connectivity index (χ2n) is 5.89. The topological polar surface area (TPSA) is 57.8 Å². The van der Waals surface area contributed by atoms with Crippen LogP contribution in [0.4, 0.5) is 0 Å². The highest BCUT2D eigenvalue weighted by molar-refractivity contribution is 5.93. The lowest BCUT2D eigenvalue weighted by Crippen LogP contribution is -2.30. The van der Waals surface area contributed by atoms with Gasteiger partial charge in [-0.15, -0.1) is 0 Å². The summed E-state index contributed by atoms with van der Waals surface area (Å²) in [7, 11) is 1.65. The Morgan fingerprint density at radius 2 is 2.28 bits per heavy atom. The van der Waals surface area contributed by atoms with Gasteiger partial charge in [0.1, 0.15) is 0 Å². The van der Waals surface area contributed by atoms with Crippen LogP contribution in [0, 0.1) is 11.3 Å². The summed E-state index contributed by atoms with van der Waals surface area (Å²) in [5.41, 5.74) is 3.20. The van der Waals surface area contributed by atoms with Crippen molar-refractivity contribution < 1.29 is 4.79 Å². The second-order valence-corrected chi connectivity index (χ2v) is 5.89. The number of nitrogens with one attached hydrogen (secondary N) is 2. The molecule has 4 nitrogen and oxygen atoms in total. The Balaban J connectivity index is 2.27.